The van der Waals surface area contributed by atoms with Crippen LogP contribution in [0, 0.1) is 11.3 Å². The zero-order chi connectivity index (χ0) is 14.5. The highest BCUT2D eigenvalue weighted by atomic mass is 15.3. The summed E-state index contributed by atoms with van der Waals surface area (Å²) in [6.07, 6.45) is 6.39. The van der Waals surface area contributed by atoms with E-state index in [1.54, 1.807) is 18.3 Å². The average Bonchev–Trinajstić information content (AvgIpc) is 3.01. The second kappa shape index (κ2) is 6.18. The summed E-state index contributed by atoms with van der Waals surface area (Å²) in [7, 11) is 0. The van der Waals surface area contributed by atoms with Crippen LogP contribution in [0.1, 0.15) is 31.2 Å². The molecule has 2 N–H and O–H groups in total. The Morgan fingerprint density at radius 1 is 1.24 bits per heavy atom. The minimum atomic E-state index is 0.448. The Kier molecular flexibility index (Phi) is 3.92. The van der Waals surface area contributed by atoms with Crippen molar-refractivity contribution >= 4 is 17.5 Å². The zero-order valence-electron chi connectivity index (χ0n) is 11.6. The standard InChI is InChI=1S/C15H16N6/c16-9-11-4-3-7-13(8-11)18-14-10-17-21-15(20-14)19-12-5-1-2-6-12/h3-4,7-8,10,12H,1-2,5-6H2,(H2,18,19,20,21). The van der Waals surface area contributed by atoms with Gasteiger partial charge in [-0.1, -0.05) is 18.9 Å². The molecule has 1 aliphatic rings. The summed E-state index contributed by atoms with van der Waals surface area (Å²) in [5, 5.41) is 23.3. The van der Waals surface area contributed by atoms with Gasteiger partial charge in [-0.15, -0.1) is 5.10 Å². The third-order valence-electron chi connectivity index (χ3n) is 3.51. The first-order valence-corrected chi connectivity index (χ1v) is 7.07. The molecule has 1 aromatic heterocycles. The highest BCUT2D eigenvalue weighted by Gasteiger charge is 2.15. The summed E-state index contributed by atoms with van der Waals surface area (Å²) in [6.45, 7) is 0. The van der Waals surface area contributed by atoms with Crippen LogP contribution in [0.15, 0.2) is 30.5 Å². The molecule has 0 saturated heterocycles. The van der Waals surface area contributed by atoms with E-state index < -0.39 is 0 Å². The van der Waals surface area contributed by atoms with Crippen LogP contribution in [-0.4, -0.2) is 21.2 Å². The molecule has 106 valence electrons. The molecule has 2 aromatic rings. The molecule has 1 aliphatic carbocycles. The van der Waals surface area contributed by atoms with Crippen LogP contribution in [-0.2, 0) is 0 Å². The van der Waals surface area contributed by atoms with Crippen LogP contribution >= 0.6 is 0 Å². The van der Waals surface area contributed by atoms with Crippen molar-refractivity contribution in [2.24, 2.45) is 0 Å². The van der Waals surface area contributed by atoms with Crippen molar-refractivity contribution in [1.29, 1.82) is 5.26 Å². The summed E-state index contributed by atoms with van der Waals surface area (Å²) in [5.41, 5.74) is 1.41. The number of hydrogen-bond acceptors (Lipinski definition) is 6. The van der Waals surface area contributed by atoms with E-state index in [4.69, 9.17) is 5.26 Å². The van der Waals surface area contributed by atoms with Crippen molar-refractivity contribution in [3.05, 3.63) is 36.0 Å². The van der Waals surface area contributed by atoms with Crippen molar-refractivity contribution in [3.8, 4) is 6.07 Å². The molecule has 0 radical (unpaired) electrons. The summed E-state index contributed by atoms with van der Waals surface area (Å²) < 4.78 is 0. The van der Waals surface area contributed by atoms with E-state index in [1.165, 1.54) is 12.8 Å². The van der Waals surface area contributed by atoms with Gasteiger partial charge < -0.3 is 10.6 Å². The maximum atomic E-state index is 8.91. The van der Waals surface area contributed by atoms with Crippen molar-refractivity contribution in [3.63, 3.8) is 0 Å². The topological polar surface area (TPSA) is 86.5 Å². The summed E-state index contributed by atoms with van der Waals surface area (Å²) in [5.74, 6) is 1.16. The third-order valence-corrected chi connectivity index (χ3v) is 3.51. The minimum absolute atomic E-state index is 0.448. The van der Waals surface area contributed by atoms with Gasteiger partial charge in [0.05, 0.1) is 17.8 Å². The van der Waals surface area contributed by atoms with E-state index >= 15 is 0 Å². The van der Waals surface area contributed by atoms with Crippen LogP contribution < -0.4 is 10.6 Å². The first kappa shape index (κ1) is 13.3. The lowest BCUT2D eigenvalue weighted by Gasteiger charge is -2.12. The SMILES string of the molecule is N#Cc1cccc(Nc2cnnc(NC3CCCC3)n2)c1. The van der Waals surface area contributed by atoms with Gasteiger partial charge in [-0.25, -0.2) is 0 Å². The molecule has 3 rings (SSSR count). The lowest BCUT2D eigenvalue weighted by Crippen LogP contribution is -2.17. The van der Waals surface area contributed by atoms with Crippen LogP contribution in [0.2, 0.25) is 0 Å². The van der Waals surface area contributed by atoms with Gasteiger partial charge in [0, 0.05) is 11.7 Å². The van der Waals surface area contributed by atoms with E-state index in [2.05, 4.69) is 31.9 Å². The molecule has 0 spiro atoms. The van der Waals surface area contributed by atoms with E-state index in [-0.39, 0.29) is 0 Å². The quantitative estimate of drug-likeness (QED) is 0.895. The Balaban J connectivity index is 1.71. The van der Waals surface area contributed by atoms with Crippen molar-refractivity contribution in [2.75, 3.05) is 10.6 Å². The number of nitriles is 1. The first-order valence-electron chi connectivity index (χ1n) is 7.07. The summed E-state index contributed by atoms with van der Waals surface area (Å²) in [4.78, 5) is 4.41. The number of nitrogens with zero attached hydrogens (tertiary/aromatic N) is 4. The fraction of sp³-hybridized carbons (Fsp3) is 0.333. The lowest BCUT2D eigenvalue weighted by molar-refractivity contribution is 0.738. The molecule has 1 saturated carbocycles. The highest BCUT2D eigenvalue weighted by Crippen LogP contribution is 2.21. The second-order valence-electron chi connectivity index (χ2n) is 5.11. The zero-order valence-corrected chi connectivity index (χ0v) is 11.6. The molecular formula is C15H16N6. The number of anilines is 3. The molecule has 21 heavy (non-hydrogen) atoms. The molecule has 0 bridgehead atoms. The fourth-order valence-corrected chi connectivity index (χ4v) is 2.49. The normalized spacial score (nSPS) is 14.6. The molecule has 0 atom stereocenters. The third kappa shape index (κ3) is 3.45. The van der Waals surface area contributed by atoms with Crippen molar-refractivity contribution in [2.45, 2.75) is 31.7 Å². The molecule has 1 heterocycles. The van der Waals surface area contributed by atoms with E-state index in [0.29, 0.717) is 23.4 Å². The lowest BCUT2D eigenvalue weighted by atomic mass is 10.2. The minimum Gasteiger partial charge on any atom is -0.350 e. The summed E-state index contributed by atoms with van der Waals surface area (Å²) in [6, 6.07) is 9.80. The predicted molar refractivity (Wildman–Crippen MR) is 80.1 cm³/mol. The first-order chi connectivity index (χ1) is 10.3. The monoisotopic (exact) mass is 280 g/mol. The molecule has 1 fully saturated rings. The Morgan fingerprint density at radius 2 is 2.10 bits per heavy atom. The predicted octanol–water partition coefficient (Wildman–Crippen LogP) is 2.84. The maximum Gasteiger partial charge on any atom is 0.244 e. The van der Waals surface area contributed by atoms with Gasteiger partial charge in [-0.3, -0.25) is 0 Å². The van der Waals surface area contributed by atoms with Crippen molar-refractivity contribution in [1.82, 2.24) is 15.2 Å². The van der Waals surface area contributed by atoms with Gasteiger partial charge in [0.25, 0.3) is 0 Å². The Morgan fingerprint density at radius 3 is 2.90 bits per heavy atom. The number of nitrogens with one attached hydrogen (secondary N) is 2. The van der Waals surface area contributed by atoms with Gasteiger partial charge in [0.1, 0.15) is 0 Å². The molecule has 6 heteroatoms. The van der Waals surface area contributed by atoms with Crippen LogP contribution in [0.4, 0.5) is 17.5 Å². The summed E-state index contributed by atoms with van der Waals surface area (Å²) >= 11 is 0. The van der Waals surface area contributed by atoms with Gasteiger partial charge >= 0.3 is 0 Å². The molecule has 0 amide bonds. The van der Waals surface area contributed by atoms with Crippen LogP contribution in [0.5, 0.6) is 0 Å². The van der Waals surface area contributed by atoms with Gasteiger partial charge in [0.2, 0.25) is 5.95 Å². The fourth-order valence-electron chi connectivity index (χ4n) is 2.49. The Labute approximate surface area is 123 Å². The molecular weight excluding hydrogens is 264 g/mol. The smallest absolute Gasteiger partial charge is 0.244 e. The number of hydrogen-bond donors (Lipinski definition) is 2. The van der Waals surface area contributed by atoms with Gasteiger partial charge in [-0.05, 0) is 31.0 Å². The van der Waals surface area contributed by atoms with Crippen LogP contribution in [0.25, 0.3) is 0 Å². The highest BCUT2D eigenvalue weighted by molar-refractivity contribution is 5.58. The van der Waals surface area contributed by atoms with Crippen LogP contribution in [0.3, 0.4) is 0 Å². The molecule has 1 aromatic carbocycles. The Hall–Kier alpha value is -2.68. The van der Waals surface area contributed by atoms with Gasteiger partial charge in [-0.2, -0.15) is 15.3 Å². The Bertz CT molecular complexity index is 657. The second-order valence-corrected chi connectivity index (χ2v) is 5.11. The number of rotatable bonds is 4. The molecule has 6 nitrogen and oxygen atoms in total. The van der Waals surface area contributed by atoms with E-state index in [0.717, 1.165) is 18.5 Å². The molecule has 0 aliphatic heterocycles. The van der Waals surface area contributed by atoms with E-state index in [1.807, 2.05) is 12.1 Å². The maximum absolute atomic E-state index is 8.91. The number of benzene rings is 1. The van der Waals surface area contributed by atoms with Crippen molar-refractivity contribution < 1.29 is 0 Å². The number of aromatic nitrogens is 3. The van der Waals surface area contributed by atoms with E-state index in [9.17, 15) is 0 Å². The largest absolute Gasteiger partial charge is 0.350 e. The molecule has 0 unspecified atom stereocenters. The van der Waals surface area contributed by atoms with Gasteiger partial charge in [0.15, 0.2) is 5.82 Å². The average molecular weight is 280 g/mol.